The average Bonchev–Trinajstić information content (AvgIpc) is 2.55. The van der Waals surface area contributed by atoms with Crippen LogP contribution < -0.4 is 5.73 Å². The van der Waals surface area contributed by atoms with Gasteiger partial charge in [-0.25, -0.2) is 0 Å². The van der Waals surface area contributed by atoms with E-state index in [0.29, 0.717) is 5.92 Å². The molecule has 0 bridgehead atoms. The van der Waals surface area contributed by atoms with Crippen LogP contribution in [0.15, 0.2) is 0 Å². The molecule has 4 nitrogen and oxygen atoms in total. The summed E-state index contributed by atoms with van der Waals surface area (Å²) in [5.41, 5.74) is 5.98. The first-order valence-electron chi connectivity index (χ1n) is 9.19. The van der Waals surface area contributed by atoms with Gasteiger partial charge in [-0.05, 0) is 57.5 Å². The van der Waals surface area contributed by atoms with Crippen LogP contribution in [0.1, 0.15) is 59.3 Å². The SMILES string of the molecule is CC(C)(C)OC(=O)[C@@H](C(N)C1CCCCC1)[C@H](O)C1SCCCS1. The van der Waals surface area contributed by atoms with Crippen molar-refractivity contribution in [2.45, 2.75) is 81.6 Å². The van der Waals surface area contributed by atoms with E-state index in [0.717, 1.165) is 30.8 Å². The van der Waals surface area contributed by atoms with Gasteiger partial charge in [0.2, 0.25) is 0 Å². The lowest BCUT2D eigenvalue weighted by Crippen LogP contribution is -2.52. The van der Waals surface area contributed by atoms with Crippen molar-refractivity contribution in [2.24, 2.45) is 17.6 Å². The topological polar surface area (TPSA) is 72.5 Å². The van der Waals surface area contributed by atoms with Gasteiger partial charge < -0.3 is 15.6 Å². The van der Waals surface area contributed by atoms with Crippen molar-refractivity contribution in [2.75, 3.05) is 11.5 Å². The molecule has 0 radical (unpaired) electrons. The molecule has 1 aliphatic heterocycles. The van der Waals surface area contributed by atoms with E-state index in [1.54, 1.807) is 23.5 Å². The van der Waals surface area contributed by atoms with Crippen LogP contribution in [0.2, 0.25) is 0 Å². The van der Waals surface area contributed by atoms with Gasteiger partial charge in [-0.15, -0.1) is 23.5 Å². The van der Waals surface area contributed by atoms with Crippen molar-refractivity contribution in [3.63, 3.8) is 0 Å². The van der Waals surface area contributed by atoms with E-state index in [-0.39, 0.29) is 16.6 Å². The van der Waals surface area contributed by atoms with Crippen molar-refractivity contribution < 1.29 is 14.6 Å². The lowest BCUT2D eigenvalue weighted by atomic mass is 9.77. The third kappa shape index (κ3) is 5.82. The van der Waals surface area contributed by atoms with Gasteiger partial charge in [-0.3, -0.25) is 4.79 Å². The molecule has 6 heteroatoms. The zero-order chi connectivity index (χ0) is 17.7. The molecule has 0 aromatic carbocycles. The third-order valence-electron chi connectivity index (χ3n) is 4.79. The van der Waals surface area contributed by atoms with Crippen LogP contribution in [-0.4, -0.2) is 44.9 Å². The van der Waals surface area contributed by atoms with E-state index in [1.807, 2.05) is 20.8 Å². The standard InChI is InChI=1S/C18H33NO3S2/c1-18(2,3)22-16(21)13(14(19)12-8-5-4-6-9-12)15(20)17-23-10-7-11-24-17/h12-15,17,20H,4-11,19H2,1-3H3/t13-,14?,15-/m0/s1. The maximum Gasteiger partial charge on any atom is 0.313 e. The van der Waals surface area contributed by atoms with E-state index in [2.05, 4.69) is 0 Å². The number of thioether (sulfide) groups is 2. The molecule has 3 atom stereocenters. The minimum absolute atomic E-state index is 0.0194. The number of hydrogen-bond acceptors (Lipinski definition) is 6. The number of carbonyl (C=O) groups is 1. The molecule has 1 aliphatic carbocycles. The Kier molecular flexibility index (Phi) is 7.78. The number of carbonyl (C=O) groups excluding carboxylic acids is 1. The van der Waals surface area contributed by atoms with Gasteiger partial charge in [0, 0.05) is 6.04 Å². The van der Waals surface area contributed by atoms with Gasteiger partial charge in [0.25, 0.3) is 0 Å². The highest BCUT2D eigenvalue weighted by Crippen LogP contribution is 2.39. The Balaban J connectivity index is 2.13. The Morgan fingerprint density at radius 3 is 2.25 bits per heavy atom. The molecule has 1 heterocycles. The van der Waals surface area contributed by atoms with Crippen molar-refractivity contribution in [1.29, 1.82) is 0 Å². The second kappa shape index (κ2) is 9.15. The second-order valence-corrected chi connectivity index (χ2v) is 10.8. The Hall–Kier alpha value is 0.0900. The number of nitrogens with two attached hydrogens (primary N) is 1. The van der Waals surface area contributed by atoms with E-state index in [9.17, 15) is 9.90 Å². The van der Waals surface area contributed by atoms with E-state index >= 15 is 0 Å². The second-order valence-electron chi connectivity index (χ2n) is 7.99. The van der Waals surface area contributed by atoms with Gasteiger partial charge in [0.15, 0.2) is 0 Å². The molecular weight excluding hydrogens is 342 g/mol. The highest BCUT2D eigenvalue weighted by atomic mass is 32.2. The van der Waals surface area contributed by atoms with Gasteiger partial charge in [0.1, 0.15) is 5.60 Å². The molecule has 0 aromatic rings. The van der Waals surface area contributed by atoms with Gasteiger partial charge in [-0.2, -0.15) is 0 Å². The Morgan fingerprint density at radius 1 is 1.12 bits per heavy atom. The summed E-state index contributed by atoms with van der Waals surface area (Å²) in [5.74, 6) is 1.42. The number of rotatable bonds is 5. The Bertz CT molecular complexity index is 378. The summed E-state index contributed by atoms with van der Waals surface area (Å²) in [4.78, 5) is 12.8. The summed E-state index contributed by atoms with van der Waals surface area (Å²) in [7, 11) is 0. The maximum atomic E-state index is 12.8. The Morgan fingerprint density at radius 2 is 1.71 bits per heavy atom. The first-order valence-corrected chi connectivity index (χ1v) is 11.3. The average molecular weight is 376 g/mol. The molecule has 1 unspecified atom stereocenters. The molecule has 3 N–H and O–H groups in total. The molecule has 0 aromatic heterocycles. The lowest BCUT2D eigenvalue weighted by Gasteiger charge is -2.38. The van der Waals surface area contributed by atoms with Crippen LogP contribution in [0.25, 0.3) is 0 Å². The molecular formula is C18H33NO3S2. The summed E-state index contributed by atoms with van der Waals surface area (Å²) in [6.07, 6.45) is 6.11. The number of hydrogen-bond donors (Lipinski definition) is 2. The summed E-state index contributed by atoms with van der Waals surface area (Å²) in [6, 6.07) is -0.321. The fourth-order valence-electron chi connectivity index (χ4n) is 3.58. The van der Waals surface area contributed by atoms with E-state index in [1.165, 1.54) is 19.3 Å². The fraction of sp³-hybridized carbons (Fsp3) is 0.944. The van der Waals surface area contributed by atoms with Crippen molar-refractivity contribution in [3.05, 3.63) is 0 Å². The lowest BCUT2D eigenvalue weighted by molar-refractivity contribution is -0.165. The molecule has 2 aliphatic rings. The van der Waals surface area contributed by atoms with Gasteiger partial charge in [-0.1, -0.05) is 19.3 Å². The largest absolute Gasteiger partial charge is 0.460 e. The van der Waals surface area contributed by atoms with E-state index in [4.69, 9.17) is 10.5 Å². The predicted octanol–water partition coefficient (Wildman–Crippen LogP) is 3.41. The zero-order valence-corrected chi connectivity index (χ0v) is 16.8. The monoisotopic (exact) mass is 375 g/mol. The van der Waals surface area contributed by atoms with Crippen molar-refractivity contribution >= 4 is 29.5 Å². The molecule has 24 heavy (non-hydrogen) atoms. The highest BCUT2D eigenvalue weighted by molar-refractivity contribution is 8.17. The quantitative estimate of drug-likeness (QED) is 0.718. The van der Waals surface area contributed by atoms with Crippen molar-refractivity contribution in [3.8, 4) is 0 Å². The highest BCUT2D eigenvalue weighted by Gasteiger charge is 2.43. The number of esters is 1. The predicted molar refractivity (Wildman–Crippen MR) is 103 cm³/mol. The van der Waals surface area contributed by atoms with Crippen molar-refractivity contribution in [1.82, 2.24) is 0 Å². The molecule has 2 fully saturated rings. The van der Waals surface area contributed by atoms with Crippen LogP contribution in [-0.2, 0) is 9.53 Å². The minimum atomic E-state index is -0.743. The van der Waals surface area contributed by atoms with E-state index < -0.39 is 17.6 Å². The molecule has 1 saturated carbocycles. The summed E-state index contributed by atoms with van der Waals surface area (Å²) in [6.45, 7) is 5.60. The van der Waals surface area contributed by atoms with Gasteiger partial charge in [0.05, 0.1) is 16.6 Å². The molecule has 2 rings (SSSR count). The number of aliphatic hydroxyl groups is 1. The van der Waals surface area contributed by atoms with Crippen LogP contribution in [0, 0.1) is 11.8 Å². The van der Waals surface area contributed by atoms with Gasteiger partial charge >= 0.3 is 5.97 Å². The van der Waals surface area contributed by atoms with Crippen LogP contribution in [0.3, 0.4) is 0 Å². The van der Waals surface area contributed by atoms with Crippen LogP contribution >= 0.6 is 23.5 Å². The molecule has 0 amide bonds. The first kappa shape index (κ1) is 20.4. The normalized spacial score (nSPS) is 25.0. The first-order chi connectivity index (χ1) is 11.3. The summed E-state index contributed by atoms with van der Waals surface area (Å²) in [5, 5.41) is 11.0. The Labute approximate surface area is 155 Å². The molecule has 140 valence electrons. The number of ether oxygens (including phenoxy) is 1. The molecule has 0 spiro atoms. The maximum absolute atomic E-state index is 12.8. The molecule has 1 saturated heterocycles. The smallest absolute Gasteiger partial charge is 0.313 e. The summed E-state index contributed by atoms with van der Waals surface area (Å²) < 4.78 is 5.65. The summed E-state index contributed by atoms with van der Waals surface area (Å²) >= 11 is 3.50. The zero-order valence-electron chi connectivity index (χ0n) is 15.2. The third-order valence-corrected chi connectivity index (χ3v) is 7.87. The fourth-order valence-corrected chi connectivity index (χ4v) is 6.54. The number of aliphatic hydroxyl groups excluding tert-OH is 1. The van der Waals surface area contributed by atoms with Crippen LogP contribution in [0.5, 0.6) is 0 Å². The van der Waals surface area contributed by atoms with Crippen LogP contribution in [0.4, 0.5) is 0 Å². The minimum Gasteiger partial charge on any atom is -0.460 e.